The summed E-state index contributed by atoms with van der Waals surface area (Å²) in [4.78, 5) is 0. The Balaban J connectivity index is 6.19. The second-order valence-electron chi connectivity index (χ2n) is 13.2. The van der Waals surface area contributed by atoms with E-state index in [0.717, 1.165) is 39.5 Å². The molecule has 0 aliphatic rings. The van der Waals surface area contributed by atoms with Gasteiger partial charge in [-0.25, -0.2) is 0 Å². The summed E-state index contributed by atoms with van der Waals surface area (Å²) in [7, 11) is 10.5. The quantitative estimate of drug-likeness (QED) is 0.0417. The van der Waals surface area contributed by atoms with Crippen molar-refractivity contribution >= 4 is 564 Å². The highest BCUT2D eigenvalue weighted by Gasteiger charge is 2.55. The van der Waals surface area contributed by atoms with E-state index in [2.05, 4.69) is 463 Å². The van der Waals surface area contributed by atoms with E-state index < -0.39 is 0 Å². The summed E-state index contributed by atoms with van der Waals surface area (Å²) in [6.07, 6.45) is 0. The molecule has 0 aromatic heterocycles. The van der Waals surface area contributed by atoms with E-state index in [1.165, 1.54) is 28.2 Å². The molecule has 0 aromatic rings. The van der Waals surface area contributed by atoms with Gasteiger partial charge in [0.2, 0.25) is 4.63 Å². The van der Waals surface area contributed by atoms with Crippen molar-refractivity contribution < 1.29 is 14.2 Å². The van der Waals surface area contributed by atoms with Gasteiger partial charge in [0.1, 0.15) is 0 Å². The van der Waals surface area contributed by atoms with Crippen LogP contribution < -0.4 is 10.5 Å². The second-order valence-corrected chi connectivity index (χ2v) is 47.0. The normalized spacial score (nSPS) is 10.5. The first-order valence-electron chi connectivity index (χ1n) is 18.0. The Hall–Kier alpha value is 15.9. The molecule has 0 aliphatic carbocycles. The minimum absolute atomic E-state index is 0.363. The van der Waals surface area contributed by atoms with Crippen LogP contribution in [0.2, 0.25) is 0 Å². The van der Waals surface area contributed by atoms with Gasteiger partial charge in [-0.05, 0) is 0 Å². The third-order valence-corrected chi connectivity index (χ3v) is 52.3. The number of methoxy groups -OCH3 is 3. The van der Waals surface area contributed by atoms with Gasteiger partial charge in [-0.2, -0.15) is 313 Å². The van der Waals surface area contributed by atoms with Crippen LogP contribution in [0.15, 0.2) is 0 Å². The van der Waals surface area contributed by atoms with Crippen LogP contribution in [0.3, 0.4) is 0 Å². The largest absolute Gasteiger partial charge is 0.383 e. The number of hydrogen-bond donors (Lipinski definition) is 2. The van der Waals surface area contributed by atoms with Crippen molar-refractivity contribution in [3.05, 3.63) is 0 Å². The zero-order valence-corrected chi connectivity index (χ0v) is 75.0. The molecule has 0 bridgehead atoms. The predicted octanol–water partition coefficient (Wildman–Crippen LogP) is 6.74. The molecule has 59 heavy (non-hydrogen) atoms. The predicted molar refractivity (Wildman–Crippen MR) is 482 cm³/mol. The maximum atomic E-state index is 5.76. The van der Waals surface area contributed by atoms with Crippen LogP contribution in [-0.4, -0.2) is 182 Å². The van der Waals surface area contributed by atoms with Gasteiger partial charge in [0.25, 0.3) is 9.19 Å². The Labute approximate surface area is 636 Å². The molecule has 0 spiro atoms. The average Bonchev–Trinajstić information content (AvgIpc) is 3.21. The summed E-state index contributed by atoms with van der Waals surface area (Å²) in [6.45, 7) is 5.73. The molecule has 0 aliphatic heterocycles. The SMILES string of the molecule is COCCNB(B(I)B(I)BBB(I)I)B(I)B(I)B(I)B(I)B(I)B(I)N(CCOC)B(I)B(I)B(I)B(I)B(I)B(I)B(NCCOC)B(I)B(I)BBB(I)I. The fraction of sp³-hybridized carbons (Fsp3) is 1.00. The highest BCUT2D eigenvalue weighted by Crippen LogP contribution is 2.32. The van der Waals surface area contributed by atoms with E-state index in [-0.39, 0.29) is 0 Å². The summed E-state index contributed by atoms with van der Waals surface area (Å²) in [6, 6.07) is 0. The Morgan fingerprint density at radius 3 is 0.949 bits per heavy atom. The highest BCUT2D eigenvalue weighted by atomic mass is 127. The lowest BCUT2D eigenvalue weighted by atomic mass is 8.83. The van der Waals surface area contributed by atoms with Gasteiger partial charge >= 0.3 is 0 Å². The lowest BCUT2D eigenvalue weighted by molar-refractivity contribution is 0.194. The molecular formula is C9H27B24I20N3O3. The standard InChI is InChI=1S/C9H27B24I20N3O3/c1-57-7-4-54-30(18(40)14(34)10-12-16(36)37)26(48)22(44)20(42)24(46)28(50)32(52)56(6-9-59-3)33(53)29(51)25(47)21(43)23(45)27(49)31(55-5-8-58-2)19(41)15(35)11-13-17(38)39/h10-13,54-55H,4-9H2,1-3H3. The molecule has 0 rings (SSSR count). The van der Waals surface area contributed by atoms with Crippen LogP contribution in [0, 0.1) is 0 Å². The maximum Gasteiger partial charge on any atom is 0.256 e. The summed E-state index contributed by atoms with van der Waals surface area (Å²) in [5, 5.41) is 7.91. The third kappa shape index (κ3) is 30.5. The molecule has 0 heterocycles. The number of halogens is 20. The van der Waals surface area contributed by atoms with Crippen LogP contribution in [0.1, 0.15) is 0 Å². The van der Waals surface area contributed by atoms with Crippen LogP contribution in [0.5, 0.6) is 0 Å². The van der Waals surface area contributed by atoms with Crippen LogP contribution in [-0.2, 0) is 14.2 Å². The van der Waals surface area contributed by atoms with E-state index in [9.17, 15) is 0 Å². The first kappa shape index (κ1) is 74.9. The van der Waals surface area contributed by atoms with Crippen molar-refractivity contribution in [3.8, 4) is 0 Å². The molecule has 0 unspecified atom stereocenters. The molecule has 50 heteroatoms. The van der Waals surface area contributed by atoms with E-state index >= 15 is 0 Å². The Morgan fingerprint density at radius 1 is 0.373 bits per heavy atom. The van der Waals surface area contributed by atoms with E-state index in [4.69, 9.17) is 14.2 Å². The summed E-state index contributed by atoms with van der Waals surface area (Å²) in [5.74, 6) is 0. The Bertz CT molecular complexity index is 1020. The van der Waals surface area contributed by atoms with Crippen molar-refractivity contribution in [1.29, 1.82) is 0 Å². The van der Waals surface area contributed by atoms with Crippen molar-refractivity contribution in [2.75, 3.05) is 60.8 Å². The van der Waals surface area contributed by atoms with Gasteiger partial charge in [-0.1, -0.05) is 0 Å². The van der Waals surface area contributed by atoms with E-state index in [1.807, 2.05) is 7.11 Å². The van der Waals surface area contributed by atoms with Gasteiger partial charge in [-0.3, -0.25) is 0 Å². The zero-order valence-electron chi connectivity index (χ0n) is 31.8. The lowest BCUT2D eigenvalue weighted by Crippen LogP contribution is -2.69. The molecular weight excluding hydrogens is 3000 g/mol. The van der Waals surface area contributed by atoms with E-state index in [0.29, 0.717) is 88.0 Å². The lowest BCUT2D eigenvalue weighted by Gasteiger charge is -2.36. The molecule has 308 valence electrons. The molecule has 0 aromatic carbocycles. The van der Waals surface area contributed by atoms with Crippen molar-refractivity contribution in [1.82, 2.24) is 15.2 Å². The number of hydrogen-bond acceptors (Lipinski definition) is 6. The number of nitrogens with one attached hydrogen (secondary N) is 2. The first-order chi connectivity index (χ1) is 27.5. The Kier molecular flexibility index (Phi) is 56.6. The smallest absolute Gasteiger partial charge is 0.256 e. The number of nitrogens with zero attached hydrogens (tertiary/aromatic N) is 1. The summed E-state index contributed by atoms with van der Waals surface area (Å²) >= 11 is 54.7. The van der Waals surface area contributed by atoms with Crippen LogP contribution >= 0.6 is 447 Å². The topological polar surface area (TPSA) is 55.0 Å². The van der Waals surface area contributed by atoms with Crippen molar-refractivity contribution in [3.63, 3.8) is 0 Å². The Morgan fingerprint density at radius 2 is 0.661 bits per heavy atom. The van der Waals surface area contributed by atoms with Crippen LogP contribution in [0.4, 0.5) is 0 Å². The number of ether oxygens (including phenoxy) is 3. The zero-order chi connectivity index (χ0) is 45.7. The highest BCUT2D eigenvalue weighted by molar-refractivity contribution is 14.3. The second kappa shape index (κ2) is 44.6. The minimum atomic E-state index is 0.363. The fourth-order valence-corrected chi connectivity index (χ4v) is 30.7. The summed E-state index contributed by atoms with van der Waals surface area (Å²) < 4.78 is 28.8. The number of rotatable bonds is 35. The van der Waals surface area contributed by atoms with Crippen LogP contribution in [0.25, 0.3) is 0 Å². The van der Waals surface area contributed by atoms with E-state index in [1.54, 1.807) is 14.2 Å². The first-order valence-corrected chi connectivity index (χ1v) is 43.0. The minimum Gasteiger partial charge on any atom is -0.383 e. The molecule has 0 saturated heterocycles. The third-order valence-electron chi connectivity index (χ3n) is 8.90. The molecule has 0 radical (unpaired) electrons. The molecule has 0 fully saturated rings. The molecule has 2 N–H and O–H groups in total. The summed E-state index contributed by atoms with van der Waals surface area (Å²) in [5.41, 5.74) is 0. The van der Waals surface area contributed by atoms with Gasteiger partial charge < -0.3 is 29.4 Å². The van der Waals surface area contributed by atoms with Crippen molar-refractivity contribution in [2.45, 2.75) is 0 Å². The van der Waals surface area contributed by atoms with Gasteiger partial charge in [-0.15, -0.1) is 134 Å². The molecule has 0 saturated carbocycles. The molecule has 0 amide bonds. The monoisotopic (exact) mass is 3030 g/mol. The maximum absolute atomic E-state index is 5.76. The van der Waals surface area contributed by atoms with Gasteiger partial charge in [0.15, 0.2) is 74.2 Å². The molecule has 0 atom stereocenters. The fourth-order valence-electron chi connectivity index (χ4n) is 5.49. The van der Waals surface area contributed by atoms with Gasteiger partial charge in [0, 0.05) is 41.0 Å². The van der Waals surface area contributed by atoms with Crippen molar-refractivity contribution in [2.24, 2.45) is 0 Å². The average molecular weight is 3020 g/mol. The van der Waals surface area contributed by atoms with Gasteiger partial charge in [0.05, 0.1) is 48.1 Å². The molecule has 6 nitrogen and oxygen atoms in total.